The number of rotatable bonds is 5. The summed E-state index contributed by atoms with van der Waals surface area (Å²) < 4.78 is 34.8. The van der Waals surface area contributed by atoms with Gasteiger partial charge in [0.2, 0.25) is 0 Å². The van der Waals surface area contributed by atoms with Crippen molar-refractivity contribution in [3.8, 4) is 5.75 Å². The molecule has 0 atom stereocenters. The average Bonchev–Trinajstić information content (AvgIpc) is 2.26. The van der Waals surface area contributed by atoms with Crippen LogP contribution in [0.15, 0.2) is 24.3 Å². The molecule has 100 valence electrons. The summed E-state index contributed by atoms with van der Waals surface area (Å²) in [6, 6.07) is 5.65. The number of carbonyl (C=O) groups is 1. The summed E-state index contributed by atoms with van der Waals surface area (Å²) >= 11 is 0. The number of esters is 1. The largest absolute Gasteiger partial charge is 0.465 e. The molecule has 0 aliphatic carbocycles. The van der Waals surface area contributed by atoms with E-state index in [0.29, 0.717) is 0 Å². The molecule has 1 aromatic carbocycles. The SMILES string of the molecule is COC(=O)c1ccccc1OS(=O)(=O)NC(C)C. The molecule has 6 nitrogen and oxygen atoms in total. The van der Waals surface area contributed by atoms with Crippen molar-refractivity contribution in [2.75, 3.05) is 7.11 Å². The molecule has 0 bridgehead atoms. The number of hydrogen-bond donors (Lipinski definition) is 1. The van der Waals surface area contributed by atoms with Gasteiger partial charge in [0.05, 0.1) is 7.11 Å². The van der Waals surface area contributed by atoms with Crippen LogP contribution in [0.25, 0.3) is 0 Å². The van der Waals surface area contributed by atoms with Gasteiger partial charge in [0, 0.05) is 6.04 Å². The lowest BCUT2D eigenvalue weighted by Gasteiger charge is -2.12. The maximum absolute atomic E-state index is 11.6. The number of carbonyl (C=O) groups excluding carboxylic acids is 1. The van der Waals surface area contributed by atoms with Crippen LogP contribution in [0.1, 0.15) is 24.2 Å². The molecule has 0 fully saturated rings. The third kappa shape index (κ3) is 4.01. The number of hydrogen-bond acceptors (Lipinski definition) is 5. The fourth-order valence-electron chi connectivity index (χ4n) is 1.25. The Morgan fingerprint density at radius 2 is 1.89 bits per heavy atom. The molecule has 0 spiro atoms. The standard InChI is InChI=1S/C11H15NO5S/c1-8(2)12-18(14,15)17-10-7-5-4-6-9(10)11(13)16-3/h4-8,12H,1-3H3. The Hall–Kier alpha value is -1.60. The Morgan fingerprint density at radius 3 is 2.44 bits per heavy atom. The first-order valence-electron chi connectivity index (χ1n) is 5.25. The molecule has 0 unspecified atom stereocenters. The van der Waals surface area contributed by atoms with Crippen LogP contribution >= 0.6 is 0 Å². The first-order chi connectivity index (χ1) is 8.35. The second-order valence-electron chi connectivity index (χ2n) is 3.80. The first kappa shape index (κ1) is 14.5. The lowest BCUT2D eigenvalue weighted by molar-refractivity contribution is 0.0599. The van der Waals surface area contributed by atoms with E-state index >= 15 is 0 Å². The summed E-state index contributed by atoms with van der Waals surface area (Å²) in [6.07, 6.45) is 0. The summed E-state index contributed by atoms with van der Waals surface area (Å²) in [7, 11) is -2.75. The lowest BCUT2D eigenvalue weighted by Crippen LogP contribution is -2.34. The molecule has 0 radical (unpaired) electrons. The summed E-state index contributed by atoms with van der Waals surface area (Å²) in [5.74, 6) is -0.733. The second-order valence-corrected chi connectivity index (χ2v) is 5.11. The van der Waals surface area contributed by atoms with Crippen LogP contribution in [0, 0.1) is 0 Å². The van der Waals surface area contributed by atoms with Crippen molar-refractivity contribution in [1.82, 2.24) is 4.72 Å². The van der Waals surface area contributed by atoms with Gasteiger partial charge in [-0.25, -0.2) is 4.79 Å². The molecule has 0 aliphatic rings. The van der Waals surface area contributed by atoms with E-state index in [2.05, 4.69) is 9.46 Å². The van der Waals surface area contributed by atoms with Crippen LogP contribution in [0.5, 0.6) is 5.75 Å². The normalized spacial score (nSPS) is 11.3. The second kappa shape index (κ2) is 5.83. The van der Waals surface area contributed by atoms with Crippen LogP contribution < -0.4 is 8.91 Å². The molecule has 1 N–H and O–H groups in total. The third-order valence-electron chi connectivity index (χ3n) is 1.87. The van der Waals surface area contributed by atoms with Gasteiger partial charge in [-0.3, -0.25) is 0 Å². The van der Waals surface area contributed by atoms with Crippen LogP contribution in [-0.4, -0.2) is 27.5 Å². The highest BCUT2D eigenvalue weighted by atomic mass is 32.2. The molecule has 0 saturated heterocycles. The van der Waals surface area contributed by atoms with E-state index in [9.17, 15) is 13.2 Å². The third-order valence-corrected chi connectivity index (χ3v) is 3.03. The van der Waals surface area contributed by atoms with Gasteiger partial charge in [0.15, 0.2) is 5.75 Å². The number of para-hydroxylation sites is 1. The maximum atomic E-state index is 11.6. The van der Waals surface area contributed by atoms with E-state index in [1.165, 1.54) is 19.2 Å². The fourth-order valence-corrected chi connectivity index (χ4v) is 2.26. The van der Waals surface area contributed by atoms with Crippen molar-refractivity contribution < 1.29 is 22.1 Å². The van der Waals surface area contributed by atoms with Crippen LogP contribution in [0.4, 0.5) is 0 Å². The van der Waals surface area contributed by atoms with E-state index in [1.807, 2.05) is 0 Å². The van der Waals surface area contributed by atoms with Gasteiger partial charge in [0.25, 0.3) is 0 Å². The minimum Gasteiger partial charge on any atom is -0.465 e. The average molecular weight is 273 g/mol. The minimum absolute atomic E-state index is 0.0501. The van der Waals surface area contributed by atoms with Crippen LogP contribution in [0.2, 0.25) is 0 Å². The highest BCUT2D eigenvalue weighted by Gasteiger charge is 2.19. The predicted octanol–water partition coefficient (Wildman–Crippen LogP) is 1.09. The minimum atomic E-state index is -3.96. The van der Waals surface area contributed by atoms with Crippen LogP contribution in [-0.2, 0) is 15.0 Å². The highest BCUT2D eigenvalue weighted by Crippen LogP contribution is 2.20. The van der Waals surface area contributed by atoms with Gasteiger partial charge >= 0.3 is 16.3 Å². The molecular weight excluding hydrogens is 258 g/mol. The zero-order valence-corrected chi connectivity index (χ0v) is 11.2. The van der Waals surface area contributed by atoms with Gasteiger partial charge in [-0.2, -0.15) is 13.1 Å². The number of benzene rings is 1. The highest BCUT2D eigenvalue weighted by molar-refractivity contribution is 7.85. The molecule has 0 amide bonds. The smallest absolute Gasteiger partial charge is 0.382 e. The Kier molecular flexibility index (Phi) is 4.69. The summed E-state index contributed by atoms with van der Waals surface area (Å²) in [4.78, 5) is 11.4. The van der Waals surface area contributed by atoms with E-state index < -0.39 is 16.3 Å². The molecule has 0 aliphatic heterocycles. The molecule has 1 aromatic rings. The van der Waals surface area contributed by atoms with Gasteiger partial charge in [-0.05, 0) is 26.0 Å². The zero-order valence-electron chi connectivity index (χ0n) is 10.3. The molecule has 0 saturated carbocycles. The van der Waals surface area contributed by atoms with Crippen molar-refractivity contribution in [2.24, 2.45) is 0 Å². The van der Waals surface area contributed by atoms with Gasteiger partial charge in [-0.15, -0.1) is 0 Å². The van der Waals surface area contributed by atoms with E-state index in [0.717, 1.165) is 0 Å². The van der Waals surface area contributed by atoms with Gasteiger partial charge in [-0.1, -0.05) is 12.1 Å². The van der Waals surface area contributed by atoms with Crippen LogP contribution in [0.3, 0.4) is 0 Å². The molecule has 7 heteroatoms. The van der Waals surface area contributed by atoms with E-state index in [-0.39, 0.29) is 17.4 Å². The number of methoxy groups -OCH3 is 1. The van der Waals surface area contributed by atoms with Crippen molar-refractivity contribution in [3.63, 3.8) is 0 Å². The quantitative estimate of drug-likeness (QED) is 0.812. The summed E-state index contributed by atoms with van der Waals surface area (Å²) in [5.41, 5.74) is 0.0501. The first-order valence-corrected chi connectivity index (χ1v) is 6.65. The lowest BCUT2D eigenvalue weighted by atomic mass is 10.2. The summed E-state index contributed by atoms with van der Waals surface area (Å²) in [5, 5.41) is 0. The topological polar surface area (TPSA) is 81.7 Å². The Balaban J connectivity index is 3.01. The monoisotopic (exact) mass is 273 g/mol. The van der Waals surface area contributed by atoms with Crippen molar-refractivity contribution in [1.29, 1.82) is 0 Å². The zero-order chi connectivity index (χ0) is 13.8. The maximum Gasteiger partial charge on any atom is 0.382 e. The van der Waals surface area contributed by atoms with Crippen molar-refractivity contribution in [2.45, 2.75) is 19.9 Å². The number of nitrogens with one attached hydrogen (secondary N) is 1. The van der Waals surface area contributed by atoms with Gasteiger partial charge < -0.3 is 8.92 Å². The Morgan fingerprint density at radius 1 is 1.28 bits per heavy atom. The Labute approximate surface area is 106 Å². The van der Waals surface area contributed by atoms with Crippen molar-refractivity contribution >= 4 is 16.3 Å². The molecule has 0 heterocycles. The van der Waals surface area contributed by atoms with Crippen molar-refractivity contribution in [3.05, 3.63) is 29.8 Å². The molecule has 0 aromatic heterocycles. The molecule has 1 rings (SSSR count). The van der Waals surface area contributed by atoms with E-state index in [4.69, 9.17) is 4.18 Å². The summed E-state index contributed by atoms with van der Waals surface area (Å²) in [6.45, 7) is 3.32. The number of ether oxygens (including phenoxy) is 1. The Bertz CT molecular complexity index is 524. The van der Waals surface area contributed by atoms with Gasteiger partial charge in [0.1, 0.15) is 5.56 Å². The van der Waals surface area contributed by atoms with E-state index in [1.54, 1.807) is 26.0 Å². The fraction of sp³-hybridized carbons (Fsp3) is 0.364. The molecular formula is C11H15NO5S. The predicted molar refractivity (Wildman–Crippen MR) is 65.6 cm³/mol. The molecule has 18 heavy (non-hydrogen) atoms.